The molecular formula is C19H22N2O. The molecule has 0 aliphatic carbocycles. The third-order valence-corrected chi connectivity index (χ3v) is 3.42. The SMILES string of the molecule is Cc1ccc(/C=C/C(=O)NCc2ccc(N(C)C)cc2)cc1. The summed E-state index contributed by atoms with van der Waals surface area (Å²) in [5.41, 5.74) is 4.47. The molecule has 0 fully saturated rings. The number of carbonyl (C=O) groups excluding carboxylic acids is 1. The number of hydrogen-bond acceptors (Lipinski definition) is 2. The molecule has 114 valence electrons. The summed E-state index contributed by atoms with van der Waals surface area (Å²) in [4.78, 5) is 13.9. The number of anilines is 1. The fraction of sp³-hybridized carbons (Fsp3) is 0.211. The van der Waals surface area contributed by atoms with Gasteiger partial charge < -0.3 is 10.2 Å². The standard InChI is InChI=1S/C19H22N2O/c1-15-4-6-16(7-5-15)10-13-19(22)20-14-17-8-11-18(12-9-17)21(2)3/h4-13H,14H2,1-3H3,(H,20,22)/b13-10+. The van der Waals surface area contributed by atoms with Gasteiger partial charge in [-0.1, -0.05) is 42.0 Å². The van der Waals surface area contributed by atoms with Crippen molar-refractivity contribution >= 4 is 17.7 Å². The van der Waals surface area contributed by atoms with Crippen LogP contribution in [0, 0.1) is 6.92 Å². The second kappa shape index (κ2) is 7.46. The van der Waals surface area contributed by atoms with Crippen molar-refractivity contribution in [2.24, 2.45) is 0 Å². The van der Waals surface area contributed by atoms with Gasteiger partial charge >= 0.3 is 0 Å². The van der Waals surface area contributed by atoms with E-state index in [0.717, 1.165) is 16.8 Å². The minimum Gasteiger partial charge on any atom is -0.378 e. The lowest BCUT2D eigenvalue weighted by Gasteiger charge is -2.12. The van der Waals surface area contributed by atoms with Crippen molar-refractivity contribution in [3.63, 3.8) is 0 Å². The molecule has 0 aromatic heterocycles. The highest BCUT2D eigenvalue weighted by Gasteiger charge is 1.99. The smallest absolute Gasteiger partial charge is 0.244 e. The summed E-state index contributed by atoms with van der Waals surface area (Å²) in [5.74, 6) is -0.0859. The van der Waals surface area contributed by atoms with Gasteiger partial charge in [-0.25, -0.2) is 0 Å². The molecule has 0 saturated carbocycles. The first-order chi connectivity index (χ1) is 10.5. The highest BCUT2D eigenvalue weighted by atomic mass is 16.1. The van der Waals surface area contributed by atoms with Gasteiger partial charge in [-0.05, 0) is 36.3 Å². The van der Waals surface area contributed by atoms with Gasteiger partial charge in [-0.15, -0.1) is 0 Å². The molecule has 2 aromatic carbocycles. The van der Waals surface area contributed by atoms with Crippen molar-refractivity contribution in [1.82, 2.24) is 5.32 Å². The summed E-state index contributed by atoms with van der Waals surface area (Å²) >= 11 is 0. The van der Waals surface area contributed by atoms with Crippen molar-refractivity contribution < 1.29 is 4.79 Å². The van der Waals surface area contributed by atoms with Crippen LogP contribution in [0.4, 0.5) is 5.69 Å². The van der Waals surface area contributed by atoms with E-state index in [0.29, 0.717) is 6.54 Å². The molecule has 0 unspecified atom stereocenters. The molecule has 2 rings (SSSR count). The Hall–Kier alpha value is -2.55. The summed E-state index contributed by atoms with van der Waals surface area (Å²) in [6.45, 7) is 2.58. The predicted molar refractivity (Wildman–Crippen MR) is 92.8 cm³/mol. The number of aryl methyl sites for hydroxylation is 1. The molecule has 0 spiro atoms. The van der Waals surface area contributed by atoms with Gasteiger partial charge in [0.25, 0.3) is 0 Å². The van der Waals surface area contributed by atoms with E-state index in [9.17, 15) is 4.79 Å². The third-order valence-electron chi connectivity index (χ3n) is 3.42. The minimum atomic E-state index is -0.0859. The monoisotopic (exact) mass is 294 g/mol. The number of rotatable bonds is 5. The van der Waals surface area contributed by atoms with Crippen LogP contribution in [0.25, 0.3) is 6.08 Å². The van der Waals surface area contributed by atoms with Gasteiger partial charge in [0.1, 0.15) is 0 Å². The lowest BCUT2D eigenvalue weighted by Crippen LogP contribution is -2.20. The first-order valence-corrected chi connectivity index (χ1v) is 7.33. The second-order valence-corrected chi connectivity index (χ2v) is 5.52. The Labute approximate surface area is 132 Å². The molecule has 2 aromatic rings. The number of carbonyl (C=O) groups is 1. The molecule has 3 nitrogen and oxygen atoms in total. The summed E-state index contributed by atoms with van der Waals surface area (Å²) in [5, 5.41) is 2.89. The van der Waals surface area contributed by atoms with Crippen LogP contribution >= 0.6 is 0 Å². The van der Waals surface area contributed by atoms with Crippen LogP contribution in [0.3, 0.4) is 0 Å². The van der Waals surface area contributed by atoms with Gasteiger partial charge in [-0.2, -0.15) is 0 Å². The Morgan fingerprint density at radius 2 is 1.68 bits per heavy atom. The molecule has 1 N–H and O–H groups in total. The minimum absolute atomic E-state index is 0.0859. The number of amides is 1. The number of nitrogens with one attached hydrogen (secondary N) is 1. The Bertz CT molecular complexity index is 640. The van der Waals surface area contributed by atoms with Gasteiger partial charge in [-0.3, -0.25) is 4.79 Å². The maximum absolute atomic E-state index is 11.8. The fourth-order valence-corrected chi connectivity index (χ4v) is 2.01. The predicted octanol–water partition coefficient (Wildman–Crippen LogP) is 3.39. The van der Waals surface area contributed by atoms with Crippen molar-refractivity contribution in [3.8, 4) is 0 Å². The normalized spacial score (nSPS) is 10.7. The number of benzene rings is 2. The third kappa shape index (κ3) is 4.77. The molecular weight excluding hydrogens is 272 g/mol. The first-order valence-electron chi connectivity index (χ1n) is 7.33. The maximum Gasteiger partial charge on any atom is 0.244 e. The van der Waals surface area contributed by atoms with Gasteiger partial charge in [0.05, 0.1) is 0 Å². The van der Waals surface area contributed by atoms with E-state index in [2.05, 4.69) is 5.32 Å². The molecule has 22 heavy (non-hydrogen) atoms. The maximum atomic E-state index is 11.8. The van der Waals surface area contributed by atoms with Crippen molar-refractivity contribution in [1.29, 1.82) is 0 Å². The van der Waals surface area contributed by atoms with Gasteiger partial charge in [0.15, 0.2) is 0 Å². The Balaban J connectivity index is 1.85. The topological polar surface area (TPSA) is 32.3 Å². The van der Waals surface area contributed by atoms with Crippen LogP contribution < -0.4 is 10.2 Å². The zero-order chi connectivity index (χ0) is 15.9. The van der Waals surface area contributed by atoms with Crippen LogP contribution in [0.5, 0.6) is 0 Å². The van der Waals surface area contributed by atoms with E-state index in [-0.39, 0.29) is 5.91 Å². The van der Waals surface area contributed by atoms with Gasteiger partial charge in [0, 0.05) is 32.4 Å². The first kappa shape index (κ1) is 15.8. The zero-order valence-electron chi connectivity index (χ0n) is 13.3. The number of nitrogens with zero attached hydrogens (tertiary/aromatic N) is 1. The zero-order valence-corrected chi connectivity index (χ0v) is 13.3. The van der Waals surface area contributed by atoms with Crippen LogP contribution in [0.2, 0.25) is 0 Å². The highest BCUT2D eigenvalue weighted by Crippen LogP contribution is 2.12. The summed E-state index contributed by atoms with van der Waals surface area (Å²) in [6, 6.07) is 16.2. The molecule has 0 saturated heterocycles. The van der Waals surface area contributed by atoms with Crippen molar-refractivity contribution in [3.05, 3.63) is 71.3 Å². The summed E-state index contributed by atoms with van der Waals surface area (Å²) in [7, 11) is 4.01. The Morgan fingerprint density at radius 3 is 2.27 bits per heavy atom. The number of hydrogen-bond donors (Lipinski definition) is 1. The van der Waals surface area contributed by atoms with Crippen LogP contribution in [-0.2, 0) is 11.3 Å². The van der Waals surface area contributed by atoms with Crippen molar-refractivity contribution in [2.45, 2.75) is 13.5 Å². The average molecular weight is 294 g/mol. The second-order valence-electron chi connectivity index (χ2n) is 5.52. The molecule has 0 aliphatic rings. The quantitative estimate of drug-likeness (QED) is 0.857. The molecule has 1 amide bonds. The van der Waals surface area contributed by atoms with Crippen LogP contribution in [0.15, 0.2) is 54.6 Å². The van der Waals surface area contributed by atoms with E-state index >= 15 is 0 Å². The molecule has 0 heterocycles. The van der Waals surface area contributed by atoms with Crippen LogP contribution in [-0.4, -0.2) is 20.0 Å². The van der Waals surface area contributed by atoms with E-state index < -0.39 is 0 Å². The summed E-state index contributed by atoms with van der Waals surface area (Å²) in [6.07, 6.45) is 3.39. The highest BCUT2D eigenvalue weighted by molar-refractivity contribution is 5.91. The van der Waals surface area contributed by atoms with Crippen molar-refractivity contribution in [2.75, 3.05) is 19.0 Å². The fourth-order valence-electron chi connectivity index (χ4n) is 2.01. The lowest BCUT2D eigenvalue weighted by molar-refractivity contribution is -0.116. The van der Waals surface area contributed by atoms with E-state index in [4.69, 9.17) is 0 Å². The molecule has 0 radical (unpaired) electrons. The summed E-state index contributed by atoms with van der Waals surface area (Å²) < 4.78 is 0. The van der Waals surface area contributed by atoms with E-state index in [1.807, 2.05) is 80.5 Å². The molecule has 0 atom stereocenters. The molecule has 3 heteroatoms. The van der Waals surface area contributed by atoms with E-state index in [1.165, 1.54) is 5.56 Å². The largest absolute Gasteiger partial charge is 0.378 e. The molecule has 0 aliphatic heterocycles. The lowest BCUT2D eigenvalue weighted by atomic mass is 10.1. The van der Waals surface area contributed by atoms with Crippen LogP contribution in [0.1, 0.15) is 16.7 Å². The Morgan fingerprint density at radius 1 is 1.05 bits per heavy atom. The van der Waals surface area contributed by atoms with E-state index in [1.54, 1.807) is 6.08 Å². The Kier molecular flexibility index (Phi) is 5.37. The van der Waals surface area contributed by atoms with Gasteiger partial charge in [0.2, 0.25) is 5.91 Å². The molecule has 0 bridgehead atoms. The average Bonchev–Trinajstić information content (AvgIpc) is 2.52.